The molecule has 4 heterocycles. The van der Waals surface area contributed by atoms with Crippen LogP contribution < -0.4 is 0 Å². The number of hydrogen-bond acceptors (Lipinski definition) is 6. The van der Waals surface area contributed by atoms with E-state index in [0.717, 1.165) is 88.2 Å². The lowest BCUT2D eigenvalue weighted by Gasteiger charge is -2.09. The molecule has 0 bridgehead atoms. The van der Waals surface area contributed by atoms with Gasteiger partial charge in [0, 0.05) is 69.5 Å². The average molecular weight is 748 g/mol. The highest BCUT2D eigenvalue weighted by Gasteiger charge is 2.21. The van der Waals surface area contributed by atoms with Crippen molar-refractivity contribution >= 4 is 75.4 Å². The van der Waals surface area contributed by atoms with Gasteiger partial charge in [-0.3, -0.25) is 0 Å². The Balaban J connectivity index is 1.06. The first-order valence-electron chi connectivity index (χ1n) is 18.9. The van der Waals surface area contributed by atoms with Crippen molar-refractivity contribution in [3.8, 4) is 56.4 Å². The van der Waals surface area contributed by atoms with Gasteiger partial charge in [0.1, 0.15) is 22.3 Å². The van der Waals surface area contributed by atoms with Crippen LogP contribution >= 0.6 is 11.3 Å². The minimum absolute atomic E-state index is 0.581. The Morgan fingerprint density at radius 3 is 1.81 bits per heavy atom. The number of para-hydroxylation sites is 2. The summed E-state index contributed by atoms with van der Waals surface area (Å²) in [5.74, 6) is 1.83. The molecule has 0 N–H and O–H groups in total. The minimum atomic E-state index is 0.581. The summed E-state index contributed by atoms with van der Waals surface area (Å²) in [6, 6.07) is 60.8. The summed E-state index contributed by atoms with van der Waals surface area (Å²) >= 11 is 1.79. The zero-order valence-corrected chi connectivity index (χ0v) is 31.1. The lowest BCUT2D eigenvalue weighted by atomic mass is 9.95. The molecule has 266 valence electrons. The van der Waals surface area contributed by atoms with Crippen molar-refractivity contribution in [3.63, 3.8) is 0 Å². The van der Waals surface area contributed by atoms with E-state index in [2.05, 4.69) is 127 Å². The largest absolute Gasteiger partial charge is 0.455 e. The van der Waals surface area contributed by atoms with Crippen LogP contribution in [0.2, 0.25) is 0 Å². The van der Waals surface area contributed by atoms with E-state index in [4.69, 9.17) is 23.8 Å². The first-order valence-corrected chi connectivity index (χ1v) is 19.7. The molecule has 57 heavy (non-hydrogen) atoms. The number of aromatic nitrogens is 3. The van der Waals surface area contributed by atoms with E-state index in [1.165, 1.54) is 14.8 Å². The molecule has 4 aromatic heterocycles. The van der Waals surface area contributed by atoms with Crippen LogP contribution in [0.4, 0.5) is 0 Å². The highest BCUT2D eigenvalue weighted by atomic mass is 32.1. The van der Waals surface area contributed by atoms with E-state index >= 15 is 0 Å². The fraction of sp³-hybridized carbons (Fsp3) is 0. The normalized spacial score (nSPS) is 11.9. The third-order valence-electron chi connectivity index (χ3n) is 10.9. The molecular weight excluding hydrogens is 719 g/mol. The summed E-state index contributed by atoms with van der Waals surface area (Å²) < 4.78 is 15.9. The lowest BCUT2D eigenvalue weighted by molar-refractivity contribution is 0.665. The third-order valence-corrected chi connectivity index (χ3v) is 12.1. The van der Waals surface area contributed by atoms with Crippen LogP contribution in [0.15, 0.2) is 185 Å². The van der Waals surface area contributed by atoms with Crippen LogP contribution in [0.25, 0.3) is 120 Å². The topological polar surface area (TPSA) is 65.0 Å². The number of fused-ring (bicyclic) bond motifs is 9. The molecule has 0 aliphatic heterocycles. The SMILES string of the molecule is c1ccc(-c2cc(-c3cccc4c3oc3cc(-c5nc(-c6ccccc6)nc(-c6cccc7sc8ccccc8c67)n5)ccc34)c3oc4ccccc4c3c2)cc1. The molecule has 0 spiro atoms. The Morgan fingerprint density at radius 1 is 0.333 bits per heavy atom. The van der Waals surface area contributed by atoms with Gasteiger partial charge >= 0.3 is 0 Å². The van der Waals surface area contributed by atoms with E-state index < -0.39 is 0 Å². The highest BCUT2D eigenvalue weighted by Crippen LogP contribution is 2.44. The van der Waals surface area contributed by atoms with E-state index in [-0.39, 0.29) is 0 Å². The van der Waals surface area contributed by atoms with Crippen molar-refractivity contribution in [1.82, 2.24) is 15.0 Å². The molecule has 0 atom stereocenters. The molecule has 0 amide bonds. The Hall–Kier alpha value is -7.41. The van der Waals surface area contributed by atoms with Gasteiger partial charge in [-0.25, -0.2) is 15.0 Å². The molecule has 8 aromatic carbocycles. The highest BCUT2D eigenvalue weighted by molar-refractivity contribution is 7.25. The number of nitrogens with zero attached hydrogens (tertiary/aromatic N) is 3. The molecular formula is C51H29N3O2S. The summed E-state index contributed by atoms with van der Waals surface area (Å²) in [7, 11) is 0. The Morgan fingerprint density at radius 2 is 0.947 bits per heavy atom. The number of rotatable bonds is 5. The van der Waals surface area contributed by atoms with Gasteiger partial charge < -0.3 is 8.83 Å². The quantitative estimate of drug-likeness (QED) is 0.175. The molecule has 0 fully saturated rings. The maximum atomic E-state index is 6.88. The van der Waals surface area contributed by atoms with E-state index in [0.29, 0.717) is 17.5 Å². The molecule has 12 aromatic rings. The van der Waals surface area contributed by atoms with Crippen molar-refractivity contribution in [1.29, 1.82) is 0 Å². The van der Waals surface area contributed by atoms with Gasteiger partial charge in [-0.15, -0.1) is 11.3 Å². The summed E-state index contributed by atoms with van der Waals surface area (Å²) in [5, 5.41) is 6.56. The zero-order valence-electron chi connectivity index (χ0n) is 30.3. The second kappa shape index (κ2) is 12.6. The number of furan rings is 2. The first-order chi connectivity index (χ1) is 28.2. The van der Waals surface area contributed by atoms with Crippen molar-refractivity contribution in [2.75, 3.05) is 0 Å². The van der Waals surface area contributed by atoms with Crippen molar-refractivity contribution < 1.29 is 8.83 Å². The molecule has 0 unspecified atom stereocenters. The van der Waals surface area contributed by atoms with Crippen LogP contribution in [0.3, 0.4) is 0 Å². The lowest BCUT2D eigenvalue weighted by Crippen LogP contribution is -2.00. The first kappa shape index (κ1) is 31.9. The summed E-state index contributed by atoms with van der Waals surface area (Å²) in [6.07, 6.45) is 0. The van der Waals surface area contributed by atoms with Crippen LogP contribution in [0.1, 0.15) is 0 Å². The van der Waals surface area contributed by atoms with Crippen molar-refractivity contribution in [2.24, 2.45) is 0 Å². The second-order valence-corrected chi connectivity index (χ2v) is 15.4. The Bertz CT molecular complexity index is 3530. The maximum absolute atomic E-state index is 6.88. The fourth-order valence-corrected chi connectivity index (χ4v) is 9.41. The summed E-state index contributed by atoms with van der Waals surface area (Å²) in [4.78, 5) is 15.4. The van der Waals surface area contributed by atoms with E-state index in [1.807, 2.05) is 48.5 Å². The smallest absolute Gasteiger partial charge is 0.164 e. The summed E-state index contributed by atoms with van der Waals surface area (Å²) in [5.41, 5.74) is 10.2. The predicted molar refractivity (Wildman–Crippen MR) is 234 cm³/mol. The summed E-state index contributed by atoms with van der Waals surface area (Å²) in [6.45, 7) is 0. The van der Waals surface area contributed by atoms with Gasteiger partial charge in [-0.1, -0.05) is 133 Å². The van der Waals surface area contributed by atoms with Crippen LogP contribution in [0, 0.1) is 0 Å². The molecule has 0 aliphatic rings. The van der Waals surface area contributed by atoms with Gasteiger partial charge in [0.2, 0.25) is 0 Å². The molecule has 5 nitrogen and oxygen atoms in total. The van der Waals surface area contributed by atoms with E-state index in [9.17, 15) is 0 Å². The van der Waals surface area contributed by atoms with E-state index in [1.54, 1.807) is 11.3 Å². The minimum Gasteiger partial charge on any atom is -0.455 e. The van der Waals surface area contributed by atoms with Gasteiger partial charge in [-0.05, 0) is 53.6 Å². The fourth-order valence-electron chi connectivity index (χ4n) is 8.28. The van der Waals surface area contributed by atoms with Crippen molar-refractivity contribution in [2.45, 2.75) is 0 Å². The van der Waals surface area contributed by atoms with Crippen LogP contribution in [-0.4, -0.2) is 15.0 Å². The zero-order chi connectivity index (χ0) is 37.5. The number of hydrogen-bond donors (Lipinski definition) is 0. The molecule has 6 heteroatoms. The Labute approximate surface area is 330 Å². The number of thiophene rings is 1. The second-order valence-electron chi connectivity index (χ2n) is 14.3. The van der Waals surface area contributed by atoms with Crippen LogP contribution in [0.5, 0.6) is 0 Å². The predicted octanol–water partition coefficient (Wildman–Crippen LogP) is 14.4. The molecule has 12 rings (SSSR count). The third kappa shape index (κ3) is 5.12. The standard InChI is InChI=1S/C51H29N3O2S/c1-3-13-30(14-4-1)33-27-40-34-17-7-9-22-42(34)55-48(40)41(28-33)37-20-11-19-36-35-26-25-32(29-43(35)56-47(36)37)50-52-49(31-15-5-2-6-16-31)53-51(54-50)39-21-12-24-45-46(39)38-18-8-10-23-44(38)57-45/h1-29H. The molecule has 0 aliphatic carbocycles. The molecule has 0 saturated carbocycles. The van der Waals surface area contributed by atoms with Gasteiger partial charge in [0.15, 0.2) is 17.5 Å². The average Bonchev–Trinajstić information content (AvgIpc) is 3.98. The molecule has 0 radical (unpaired) electrons. The van der Waals surface area contributed by atoms with Crippen molar-refractivity contribution in [3.05, 3.63) is 176 Å². The maximum Gasteiger partial charge on any atom is 0.164 e. The van der Waals surface area contributed by atoms with Gasteiger partial charge in [-0.2, -0.15) is 0 Å². The van der Waals surface area contributed by atoms with Gasteiger partial charge in [0.25, 0.3) is 0 Å². The molecule has 0 saturated heterocycles. The Kier molecular flexibility index (Phi) is 7.03. The number of benzene rings is 8. The van der Waals surface area contributed by atoms with Crippen LogP contribution in [-0.2, 0) is 0 Å². The van der Waals surface area contributed by atoms with Gasteiger partial charge in [0.05, 0.1) is 0 Å². The monoisotopic (exact) mass is 747 g/mol.